The average Bonchev–Trinajstić information content (AvgIpc) is 3.04. The van der Waals surface area contributed by atoms with E-state index in [1.807, 2.05) is 0 Å². The van der Waals surface area contributed by atoms with Gasteiger partial charge in [0.15, 0.2) is 0 Å². The molecule has 0 atom stereocenters. The Morgan fingerprint density at radius 2 is 0.550 bits per heavy atom. The van der Waals surface area contributed by atoms with Crippen LogP contribution >= 0.6 is 14.5 Å². The van der Waals surface area contributed by atoms with Crippen molar-refractivity contribution in [3.8, 4) is 0 Å². The smallest absolute Gasteiger partial charge is 0.121 e. The highest BCUT2D eigenvalue weighted by atomic mass is 31.2. The van der Waals surface area contributed by atoms with E-state index in [9.17, 15) is 0 Å². The molecule has 0 bridgehead atoms. The Hall–Kier alpha value is -3.96. The normalized spacial score (nSPS) is 11.3. The van der Waals surface area contributed by atoms with E-state index in [-0.39, 0.29) is 8.41 Å². The van der Waals surface area contributed by atoms with Crippen LogP contribution in [0.5, 0.6) is 0 Å². The summed E-state index contributed by atoms with van der Waals surface area (Å²) in [5.74, 6) is 0. The van der Waals surface area contributed by atoms with Crippen LogP contribution in [0.15, 0.2) is 187 Å². The first-order chi connectivity index (χ1) is 19.3. The van der Waals surface area contributed by atoms with Gasteiger partial charge >= 0.3 is 0 Å². The van der Waals surface area contributed by atoms with Crippen LogP contribution in [0.4, 0.5) is 0 Å². The number of nitrogens with zero attached hydrogens (tertiary/aromatic N) is 1. The average molecular weight is 553 g/mol. The van der Waals surface area contributed by atoms with Crippen molar-refractivity contribution >= 4 is 54.7 Å². The summed E-state index contributed by atoms with van der Waals surface area (Å²) in [5, 5.41) is 7.55. The Morgan fingerprint density at radius 3 is 0.800 bits per heavy atom. The van der Waals surface area contributed by atoms with Crippen molar-refractivity contribution in [3.05, 3.63) is 182 Å². The van der Waals surface area contributed by atoms with E-state index in [2.05, 4.69) is 182 Å². The third-order valence-electron chi connectivity index (χ3n) is 7.05. The van der Waals surface area contributed by atoms with E-state index in [1.54, 1.807) is 0 Å². The molecule has 6 aromatic carbocycles. The third-order valence-corrected chi connectivity index (χ3v) is 15.5. The lowest BCUT2D eigenvalue weighted by atomic mass is 10.4. The van der Waals surface area contributed by atoms with Crippen LogP contribution in [0.2, 0.25) is 0 Å². The molecular weight excluding hydrogens is 519 g/mol. The van der Waals surface area contributed by atoms with E-state index in [0.29, 0.717) is 0 Å². The quantitative estimate of drug-likeness (QED) is 0.180. The fourth-order valence-electron chi connectivity index (χ4n) is 5.27. The zero-order chi connectivity index (χ0) is 26.4. The Balaban J connectivity index is 0.00000323. The molecule has 1 nitrogen and oxygen atoms in total. The number of benzene rings is 6. The molecule has 0 aromatic heterocycles. The van der Waals surface area contributed by atoms with Crippen molar-refractivity contribution in [1.29, 1.82) is 0 Å². The Kier molecular flexibility index (Phi) is 8.61. The molecule has 6 aromatic rings. The van der Waals surface area contributed by atoms with E-state index >= 15 is 0 Å². The maximum Gasteiger partial charge on any atom is 0.228 e. The predicted molar refractivity (Wildman–Crippen MR) is 184 cm³/mol. The van der Waals surface area contributed by atoms with Crippen LogP contribution in [0.3, 0.4) is 0 Å². The standard InChI is InChI=1S/C36H30NP2.BH4/c1-7-19-31(20-8-1)38(32-21-9-2-10-22-32,33-23-11-3-12-24-33)37-39(34-25-13-4-14-26-34,35-27-15-5-16-28-35)36-29-17-6-18-30-36;/h1-30H;1H4/q+1;-1. The van der Waals surface area contributed by atoms with Gasteiger partial charge in [-0.05, 0) is 36.4 Å². The number of rotatable bonds is 7. The van der Waals surface area contributed by atoms with Gasteiger partial charge in [-0.2, -0.15) is 0 Å². The maximum absolute atomic E-state index is 6.38. The summed E-state index contributed by atoms with van der Waals surface area (Å²) < 4.78 is 6.38. The Morgan fingerprint density at radius 1 is 0.325 bits per heavy atom. The van der Waals surface area contributed by atoms with E-state index in [4.69, 9.17) is 4.52 Å². The first-order valence-electron chi connectivity index (χ1n) is 13.2. The van der Waals surface area contributed by atoms with Crippen LogP contribution in [0.25, 0.3) is 0 Å². The maximum atomic E-state index is 6.38. The minimum Gasteiger partial charge on any atom is -0.121 e. The van der Waals surface area contributed by atoms with Crippen molar-refractivity contribution in [3.63, 3.8) is 0 Å². The molecule has 0 aliphatic rings. The second kappa shape index (κ2) is 12.5. The lowest BCUT2D eigenvalue weighted by molar-refractivity contribution is 1.67. The zero-order valence-electron chi connectivity index (χ0n) is 21.7. The second-order valence-corrected chi connectivity index (χ2v) is 15.7. The van der Waals surface area contributed by atoms with Crippen molar-refractivity contribution in [2.75, 3.05) is 0 Å². The lowest BCUT2D eigenvalue weighted by Crippen LogP contribution is -2.32. The molecule has 0 fully saturated rings. The molecule has 0 heterocycles. The van der Waals surface area contributed by atoms with Gasteiger partial charge in [-0.1, -0.05) is 154 Å². The zero-order valence-corrected chi connectivity index (χ0v) is 23.5. The van der Waals surface area contributed by atoms with Crippen LogP contribution in [0, 0.1) is 0 Å². The number of hydrogen-bond donors (Lipinski definition) is 0. The summed E-state index contributed by atoms with van der Waals surface area (Å²) in [7, 11) is -4.99. The molecular formula is C36H34BNP2. The topological polar surface area (TPSA) is 12.4 Å². The molecule has 4 heteroatoms. The third kappa shape index (κ3) is 5.02. The molecule has 0 N–H and O–H groups in total. The molecule has 0 saturated heterocycles. The van der Waals surface area contributed by atoms with Gasteiger partial charge in [0.25, 0.3) is 0 Å². The van der Waals surface area contributed by atoms with Crippen LogP contribution in [-0.4, -0.2) is 8.41 Å². The van der Waals surface area contributed by atoms with Crippen molar-refractivity contribution in [2.45, 2.75) is 0 Å². The highest BCUT2D eigenvalue weighted by Gasteiger charge is 2.49. The molecule has 0 aliphatic carbocycles. The highest BCUT2D eigenvalue weighted by molar-refractivity contribution is 8.01. The minimum atomic E-state index is -2.50. The SMILES string of the molecule is [BH4-].c1ccc(P(=N[P+](c2ccccc2)(c2ccccc2)c2ccccc2)(c2ccccc2)c2ccccc2)cc1. The molecule has 0 spiro atoms. The molecule has 0 aliphatic heterocycles. The summed E-state index contributed by atoms with van der Waals surface area (Å²) in [6.45, 7) is 0. The van der Waals surface area contributed by atoms with Gasteiger partial charge in [-0.25, -0.2) is 0 Å². The predicted octanol–water partition coefficient (Wildman–Crippen LogP) is 5.62. The molecule has 0 saturated carbocycles. The lowest BCUT2D eigenvalue weighted by Gasteiger charge is -2.31. The first-order valence-corrected chi connectivity index (χ1v) is 16.7. The highest BCUT2D eigenvalue weighted by Crippen LogP contribution is 2.65. The summed E-state index contributed by atoms with van der Waals surface area (Å²) in [6, 6.07) is 65.7. The number of hydrogen-bond acceptors (Lipinski definition) is 1. The van der Waals surface area contributed by atoms with Gasteiger partial charge in [0.1, 0.15) is 23.0 Å². The van der Waals surface area contributed by atoms with Gasteiger partial charge in [-0.3, -0.25) is 0 Å². The van der Waals surface area contributed by atoms with Crippen LogP contribution in [-0.2, 0) is 0 Å². The minimum absolute atomic E-state index is 0. The van der Waals surface area contributed by atoms with Gasteiger partial charge in [0.2, 0.25) is 7.41 Å². The fourth-order valence-corrected chi connectivity index (χ4v) is 14.8. The van der Waals surface area contributed by atoms with E-state index < -0.39 is 14.5 Å². The first kappa shape index (κ1) is 27.6. The van der Waals surface area contributed by atoms with Gasteiger partial charge in [0, 0.05) is 15.9 Å². The van der Waals surface area contributed by atoms with Gasteiger partial charge in [-0.15, -0.1) is 4.52 Å². The van der Waals surface area contributed by atoms with Crippen molar-refractivity contribution < 1.29 is 0 Å². The Labute approximate surface area is 240 Å². The second-order valence-electron chi connectivity index (χ2n) is 9.37. The molecule has 40 heavy (non-hydrogen) atoms. The fraction of sp³-hybridized carbons (Fsp3) is 0. The molecule has 0 radical (unpaired) electrons. The monoisotopic (exact) mass is 553 g/mol. The van der Waals surface area contributed by atoms with Crippen molar-refractivity contribution in [2.24, 2.45) is 4.52 Å². The van der Waals surface area contributed by atoms with E-state index in [0.717, 1.165) is 0 Å². The molecule has 6 rings (SSSR count). The summed E-state index contributed by atoms with van der Waals surface area (Å²) >= 11 is 0. The van der Waals surface area contributed by atoms with E-state index in [1.165, 1.54) is 31.8 Å². The van der Waals surface area contributed by atoms with Crippen LogP contribution in [0.1, 0.15) is 0 Å². The largest absolute Gasteiger partial charge is 0.228 e. The molecule has 196 valence electrons. The van der Waals surface area contributed by atoms with Crippen LogP contribution < -0.4 is 31.8 Å². The Bertz CT molecular complexity index is 1480. The van der Waals surface area contributed by atoms with Crippen molar-refractivity contribution in [1.82, 2.24) is 0 Å². The van der Waals surface area contributed by atoms with Gasteiger partial charge in [0.05, 0.1) is 0 Å². The summed E-state index contributed by atoms with van der Waals surface area (Å²) in [4.78, 5) is 0. The molecule has 0 amide bonds. The van der Waals surface area contributed by atoms with Gasteiger partial charge < -0.3 is 0 Å². The summed E-state index contributed by atoms with van der Waals surface area (Å²) in [6.07, 6.45) is 0. The molecule has 0 unspecified atom stereocenters. The summed E-state index contributed by atoms with van der Waals surface area (Å²) in [5.41, 5.74) is 0.